The Balaban J connectivity index is 0.913. The first-order chi connectivity index (χ1) is 65.3. The number of ether oxygens (including phenoxy) is 12. The molecular weight excluding hydrogens is 1780 g/mol. The van der Waals surface area contributed by atoms with E-state index in [1.54, 1.807) is 104 Å². The van der Waals surface area contributed by atoms with Crippen molar-refractivity contribution in [2.75, 3.05) is 167 Å². The van der Waals surface area contributed by atoms with Gasteiger partial charge in [-0.15, -0.1) is 5.10 Å². The van der Waals surface area contributed by atoms with Gasteiger partial charge in [0.15, 0.2) is 28.3 Å². The van der Waals surface area contributed by atoms with E-state index in [0.717, 1.165) is 5.56 Å². The van der Waals surface area contributed by atoms with Gasteiger partial charge in [0.2, 0.25) is 29.5 Å². The number of hydrogen-bond donors (Lipinski definition) is 6. The molecule has 4 aromatic rings. The molecule has 37 nitrogen and oxygen atoms in total. The summed E-state index contributed by atoms with van der Waals surface area (Å²) in [5.41, 5.74) is 8.52. The van der Waals surface area contributed by atoms with Crippen LogP contribution in [0, 0.1) is 53.3 Å². The van der Waals surface area contributed by atoms with E-state index in [2.05, 4.69) is 53.4 Å². The standard InChI is InChI=1S/C98H153N13O24S/c1-16-70(8)90(86(124-13)59-88(117)111-38-24-31-83(111)92(125-14)71(9)93(119)104-72(10)91(118)76-27-20-18-21-28-76)108(11)95(121)81(68(4)5)58-85(115)89(69(6)7)109(12)98(123)135-64-74-35-33-73(34-36-74)56-84(114)82(30-23-37-100-96(99)122)105-94(120)80(67(2)3)57-79(113)66-134-65-78(112)29-25-40-126-42-44-128-46-48-130-50-52-132-54-55-133-53-51-131-49-47-129-45-43-127-41-39-110-63-77(106-107-110)62-101-87(116)32-22-17-19-26-75-60-102-97(136-15)103-61-75/h18,20-21,27-28,33-36,60-61,63,67-72,80-83,86,89-92,118H,16-17,22-25,29-32,37-59,62,64-66H2,1-15H3,(H,101,116)(H,104,119)(H,105,120)(H3,99,100,122)/t70-,71+,72+,80-,81-,82-,83-,86+,89-,90-,91+,92+/m0/s1. The zero-order chi connectivity index (χ0) is 99.7. The lowest BCUT2D eigenvalue weighted by Gasteiger charge is -2.41. The summed E-state index contributed by atoms with van der Waals surface area (Å²) in [5.74, 6) is -0.291. The molecule has 8 amide bonds. The molecule has 0 aliphatic carbocycles. The average molecular weight is 1930 g/mol. The SMILES string of the molecule is CC[C@H](C)[C@@H]([C@@H](CC(=O)N1CCC[C@H]1[C@H](OC)[C@@H](C)C(=O)N[C@H](C)[C@@H](O)c1ccccc1)OC)N(C)C(=O)[C@@H](CC(=O)[C@H](C(C)C)N(C)C(=O)OCc1ccc(CC(=O)[C@H](CCCNC(N)=O)NC(=O)[C@@H](CC(=O)COCC(=O)CCCOCCOCCOCCOCCOCCOCCOCCOCCn2cc(CNC(=O)CCCC#Cc3cnc(SC)nc3)nn2)C(C)C)cc1)C(C)C. The van der Waals surface area contributed by atoms with Gasteiger partial charge in [0, 0.05) is 111 Å². The first-order valence-electron chi connectivity index (χ1n) is 47.6. The summed E-state index contributed by atoms with van der Waals surface area (Å²) >= 11 is 1.47. The molecule has 2 aromatic carbocycles. The topological polar surface area (TPSA) is 459 Å². The van der Waals surface area contributed by atoms with Crippen molar-refractivity contribution in [3.63, 3.8) is 0 Å². The second-order valence-electron chi connectivity index (χ2n) is 35.1. The van der Waals surface area contributed by atoms with Crippen molar-refractivity contribution in [3.8, 4) is 11.8 Å². The fourth-order valence-electron chi connectivity index (χ4n) is 15.7. The molecule has 0 bridgehead atoms. The number of ketones is 4. The van der Waals surface area contributed by atoms with E-state index in [4.69, 9.17) is 62.6 Å². The van der Waals surface area contributed by atoms with E-state index in [0.29, 0.717) is 191 Å². The minimum absolute atomic E-state index is 0.0775. The number of rotatable bonds is 73. The number of urea groups is 1. The lowest BCUT2D eigenvalue weighted by molar-refractivity contribution is -0.149. The zero-order valence-corrected chi connectivity index (χ0v) is 83.5. The molecule has 1 aliphatic rings. The molecule has 0 spiro atoms. The van der Waals surface area contributed by atoms with Gasteiger partial charge in [0.25, 0.3) is 0 Å². The molecule has 5 rings (SSSR count). The molecule has 0 radical (unpaired) electrons. The molecular formula is C98H153N13O24S. The van der Waals surface area contributed by atoms with Gasteiger partial charge in [-0.25, -0.2) is 24.2 Å². The summed E-state index contributed by atoms with van der Waals surface area (Å²) in [4.78, 5) is 163. The number of nitrogens with zero attached hydrogens (tertiary/aromatic N) is 8. The van der Waals surface area contributed by atoms with Crippen LogP contribution < -0.4 is 27.0 Å². The third kappa shape index (κ3) is 44.6. The average Bonchev–Trinajstić information content (AvgIpc) is 1.50. The number of amides is 8. The Hall–Kier alpha value is -9.34. The van der Waals surface area contributed by atoms with E-state index in [-0.39, 0.29) is 130 Å². The number of hydrogen-bond acceptors (Lipinski definition) is 29. The van der Waals surface area contributed by atoms with Gasteiger partial charge in [-0.05, 0) is 92.1 Å². The largest absolute Gasteiger partial charge is 0.445 e. The highest BCUT2D eigenvalue weighted by Gasteiger charge is 2.45. The molecule has 2 aromatic heterocycles. The Morgan fingerprint density at radius 1 is 0.625 bits per heavy atom. The first kappa shape index (κ1) is 117. The van der Waals surface area contributed by atoms with Crippen molar-refractivity contribution in [2.45, 2.75) is 233 Å². The van der Waals surface area contributed by atoms with E-state index in [1.807, 2.05) is 66.0 Å². The lowest BCUT2D eigenvalue weighted by Crippen LogP contribution is -2.55. The quantitative estimate of drug-likeness (QED) is 0.0105. The second kappa shape index (κ2) is 67.0. The lowest BCUT2D eigenvalue weighted by atomic mass is 9.83. The number of likely N-dealkylation sites (N-methyl/N-ethyl adjacent to an activating group) is 2. The Labute approximate surface area is 807 Å². The van der Waals surface area contributed by atoms with Crippen LogP contribution in [0.5, 0.6) is 0 Å². The number of Topliss-reactive ketones (excluding diaryl/α,β-unsaturated/α-hetero) is 4. The van der Waals surface area contributed by atoms with E-state index >= 15 is 0 Å². The van der Waals surface area contributed by atoms with Gasteiger partial charge in [0.05, 0.1) is 185 Å². The molecule has 0 saturated carbocycles. The number of unbranched alkanes of at least 4 members (excludes halogenated alkanes) is 1. The van der Waals surface area contributed by atoms with Crippen molar-refractivity contribution in [3.05, 3.63) is 101 Å². The highest BCUT2D eigenvalue weighted by Crippen LogP contribution is 2.33. The van der Waals surface area contributed by atoms with Crippen molar-refractivity contribution in [2.24, 2.45) is 47.2 Å². The third-order valence-electron chi connectivity index (χ3n) is 23.6. The first-order valence-corrected chi connectivity index (χ1v) is 48.8. The number of primary amides is 1. The van der Waals surface area contributed by atoms with Crippen LogP contribution in [0.25, 0.3) is 0 Å². The maximum atomic E-state index is 15.0. The molecule has 12 atom stereocenters. The summed E-state index contributed by atoms with van der Waals surface area (Å²) in [6.07, 6.45) is 7.81. The van der Waals surface area contributed by atoms with Crippen LogP contribution in [0.2, 0.25) is 0 Å². The van der Waals surface area contributed by atoms with Crippen molar-refractivity contribution < 1.29 is 115 Å². The maximum Gasteiger partial charge on any atom is 0.410 e. The molecule has 7 N–H and O–H groups in total. The minimum Gasteiger partial charge on any atom is -0.445 e. The summed E-state index contributed by atoms with van der Waals surface area (Å²) in [7, 11) is 6.19. The predicted octanol–water partition coefficient (Wildman–Crippen LogP) is 8.09. The van der Waals surface area contributed by atoms with Gasteiger partial charge in [-0.1, -0.05) is 152 Å². The van der Waals surface area contributed by atoms with Crippen LogP contribution in [-0.2, 0) is 126 Å². The summed E-state index contributed by atoms with van der Waals surface area (Å²) in [5, 5.41) is 31.1. The summed E-state index contributed by atoms with van der Waals surface area (Å²) in [6, 6.07) is 11.4. The van der Waals surface area contributed by atoms with Crippen LogP contribution in [0.4, 0.5) is 9.59 Å². The smallest absolute Gasteiger partial charge is 0.410 e. The van der Waals surface area contributed by atoms with Crippen LogP contribution >= 0.6 is 11.8 Å². The Morgan fingerprint density at radius 3 is 1.76 bits per heavy atom. The molecule has 1 saturated heterocycles. The molecule has 3 heterocycles. The van der Waals surface area contributed by atoms with Gasteiger partial charge in [-0.2, -0.15) is 0 Å². The zero-order valence-electron chi connectivity index (χ0n) is 82.7. The number of aromatic nitrogens is 5. The molecule has 1 aliphatic heterocycles. The van der Waals surface area contributed by atoms with Crippen molar-refractivity contribution >= 4 is 76.6 Å². The number of nitrogens with one attached hydrogen (secondary N) is 4. The number of carbonyl (C=O) groups is 11. The predicted molar refractivity (Wildman–Crippen MR) is 510 cm³/mol. The highest BCUT2D eigenvalue weighted by atomic mass is 32.2. The van der Waals surface area contributed by atoms with E-state index in [1.165, 1.54) is 37.9 Å². The van der Waals surface area contributed by atoms with Gasteiger partial charge in [0.1, 0.15) is 25.5 Å². The fourth-order valence-corrected chi connectivity index (χ4v) is 16.0. The molecule has 760 valence electrons. The molecule has 0 unspecified atom stereocenters. The number of aliphatic hydroxyl groups is 1. The summed E-state index contributed by atoms with van der Waals surface area (Å²) < 4.78 is 69.7. The Kier molecular flexibility index (Phi) is 57.8. The van der Waals surface area contributed by atoms with Crippen LogP contribution in [0.15, 0.2) is 78.3 Å². The monoisotopic (exact) mass is 1930 g/mol. The van der Waals surface area contributed by atoms with Gasteiger partial charge < -0.3 is 104 Å². The third-order valence-corrected chi connectivity index (χ3v) is 24.2. The fraction of sp³-hybridized carbons (Fsp3) is 0.684. The van der Waals surface area contributed by atoms with Crippen molar-refractivity contribution in [1.29, 1.82) is 0 Å². The maximum absolute atomic E-state index is 15.0. The van der Waals surface area contributed by atoms with E-state index < -0.39 is 103 Å². The van der Waals surface area contributed by atoms with E-state index in [9.17, 15) is 57.8 Å². The Bertz CT molecular complexity index is 4240. The van der Waals surface area contributed by atoms with Gasteiger partial charge in [-0.3, -0.25) is 43.2 Å². The number of aliphatic hydroxyl groups excluding tert-OH is 1. The number of nitrogens with two attached hydrogens (primary N) is 1. The highest BCUT2D eigenvalue weighted by molar-refractivity contribution is 7.98. The van der Waals surface area contributed by atoms with Gasteiger partial charge >= 0.3 is 12.1 Å². The van der Waals surface area contributed by atoms with Crippen LogP contribution in [0.1, 0.15) is 187 Å². The second-order valence-corrected chi connectivity index (χ2v) is 35.8. The molecule has 136 heavy (non-hydrogen) atoms. The number of methoxy groups -OCH3 is 2. The Morgan fingerprint density at radius 2 is 1.21 bits per heavy atom. The number of likely N-dealkylation sites (tertiary alicyclic amines) is 1. The number of thioether (sulfide) groups is 1. The number of carbonyl (C=O) groups excluding carboxylic acids is 11. The number of benzene rings is 2. The van der Waals surface area contributed by atoms with Crippen molar-refractivity contribution in [1.82, 2.24) is 60.9 Å². The molecule has 1 fully saturated rings. The van der Waals surface area contributed by atoms with Crippen LogP contribution in [-0.4, -0.2) is 319 Å². The molecule has 38 heteroatoms. The normalized spacial score (nSPS) is 15.1. The minimum atomic E-state index is -1.02. The van der Waals surface area contributed by atoms with Crippen LogP contribution in [0.3, 0.4) is 0 Å². The summed E-state index contributed by atoms with van der Waals surface area (Å²) in [6.45, 7) is 25.1.